The fraction of sp³-hybridized carbons (Fsp3) is 0.125. The Bertz CT molecular complexity index is 1000. The van der Waals surface area contributed by atoms with Gasteiger partial charge in [0.15, 0.2) is 5.65 Å². The van der Waals surface area contributed by atoms with Gasteiger partial charge < -0.3 is 9.15 Å². The van der Waals surface area contributed by atoms with Crippen molar-refractivity contribution in [2.24, 2.45) is 0 Å². The van der Waals surface area contributed by atoms with Gasteiger partial charge in [-0.2, -0.15) is 0 Å². The van der Waals surface area contributed by atoms with E-state index in [1.54, 1.807) is 31.2 Å². The molecule has 7 nitrogen and oxygen atoms in total. The molecule has 0 spiro atoms. The normalized spacial score (nSPS) is 10.7. The second-order valence-electron chi connectivity index (χ2n) is 4.64. The van der Waals surface area contributed by atoms with E-state index in [-0.39, 0.29) is 23.2 Å². The molecule has 0 atom stereocenters. The Morgan fingerprint density at radius 3 is 2.87 bits per heavy atom. The van der Waals surface area contributed by atoms with Crippen LogP contribution in [0, 0.1) is 0 Å². The van der Waals surface area contributed by atoms with Crippen molar-refractivity contribution in [1.82, 2.24) is 9.55 Å². The van der Waals surface area contributed by atoms with Crippen molar-refractivity contribution in [1.29, 1.82) is 0 Å². The fourth-order valence-electron chi connectivity index (χ4n) is 2.21. The maximum absolute atomic E-state index is 12.1. The zero-order valence-electron chi connectivity index (χ0n) is 12.2. The lowest BCUT2D eigenvalue weighted by atomic mass is 10.2. The number of hydrogen-bond acceptors (Lipinski definition) is 6. The summed E-state index contributed by atoms with van der Waals surface area (Å²) >= 11 is 0. The maximum atomic E-state index is 12.1. The Hall–Kier alpha value is -3.22. The van der Waals surface area contributed by atoms with Gasteiger partial charge in [0.1, 0.15) is 5.39 Å². The third-order valence-electron chi connectivity index (χ3n) is 3.20. The molecule has 7 heteroatoms. The lowest BCUT2D eigenvalue weighted by Crippen LogP contribution is -2.24. The van der Waals surface area contributed by atoms with E-state index in [2.05, 4.69) is 4.98 Å². The first-order valence-corrected chi connectivity index (χ1v) is 6.90. The van der Waals surface area contributed by atoms with E-state index in [4.69, 9.17) is 9.15 Å². The third-order valence-corrected chi connectivity index (χ3v) is 3.20. The number of fused-ring (bicyclic) bond motifs is 1. The van der Waals surface area contributed by atoms with Crippen LogP contribution in [0.15, 0.2) is 56.6 Å². The number of esters is 1. The zero-order valence-corrected chi connectivity index (χ0v) is 12.2. The van der Waals surface area contributed by atoms with Crippen LogP contribution in [0.3, 0.4) is 0 Å². The van der Waals surface area contributed by atoms with Crippen LogP contribution in [0.4, 0.5) is 0 Å². The molecule has 0 unspecified atom stereocenters. The van der Waals surface area contributed by atoms with E-state index in [0.29, 0.717) is 5.69 Å². The average molecular weight is 312 g/mol. The van der Waals surface area contributed by atoms with Gasteiger partial charge >= 0.3 is 17.4 Å². The molecular formula is C16H12N2O5. The summed E-state index contributed by atoms with van der Waals surface area (Å²) in [4.78, 5) is 39.8. The first kappa shape index (κ1) is 14.7. The van der Waals surface area contributed by atoms with Crippen molar-refractivity contribution in [3.8, 4) is 5.69 Å². The molecule has 23 heavy (non-hydrogen) atoms. The monoisotopic (exact) mass is 312 g/mol. The number of benzene rings is 1. The Balaban J connectivity index is 2.26. The second kappa shape index (κ2) is 5.88. The second-order valence-corrected chi connectivity index (χ2v) is 4.64. The largest absolute Gasteiger partial charge is 0.462 e. The van der Waals surface area contributed by atoms with Gasteiger partial charge in [-0.3, -0.25) is 0 Å². The molecule has 0 amide bonds. The van der Waals surface area contributed by atoms with Crippen molar-refractivity contribution in [3.05, 3.63) is 69.1 Å². The molecular weight excluding hydrogens is 300 g/mol. The highest BCUT2D eigenvalue weighted by Crippen LogP contribution is 2.14. The minimum Gasteiger partial charge on any atom is -0.462 e. The topological polar surface area (TPSA) is 91.4 Å². The zero-order chi connectivity index (χ0) is 16.4. The fourth-order valence-corrected chi connectivity index (χ4v) is 2.21. The first-order chi connectivity index (χ1) is 11.1. The van der Waals surface area contributed by atoms with E-state index in [9.17, 15) is 14.4 Å². The average Bonchev–Trinajstić information content (AvgIpc) is 2.55. The van der Waals surface area contributed by atoms with Crippen LogP contribution in [0.5, 0.6) is 0 Å². The summed E-state index contributed by atoms with van der Waals surface area (Å²) in [5.74, 6) is -1.38. The Morgan fingerprint density at radius 1 is 1.26 bits per heavy atom. The van der Waals surface area contributed by atoms with Crippen LogP contribution < -0.4 is 11.4 Å². The van der Waals surface area contributed by atoms with Gasteiger partial charge in [-0.05, 0) is 37.3 Å². The SMILES string of the molecule is CCOC(=O)c1cccc(-n2c(=O)oc(=O)c3cccnc32)c1. The molecule has 116 valence electrons. The van der Waals surface area contributed by atoms with E-state index in [1.807, 2.05) is 0 Å². The minimum absolute atomic E-state index is 0.162. The van der Waals surface area contributed by atoms with Crippen LogP contribution in [0.25, 0.3) is 16.7 Å². The molecule has 0 aliphatic heterocycles. The number of pyridine rings is 1. The molecule has 1 aromatic carbocycles. The van der Waals surface area contributed by atoms with Gasteiger partial charge in [0.25, 0.3) is 0 Å². The standard InChI is InChI=1S/C16H12N2O5/c1-2-22-14(19)10-5-3-6-11(9-10)18-13-12(7-4-8-17-13)15(20)23-16(18)21/h3-9H,2H2,1H3. The van der Waals surface area contributed by atoms with Gasteiger partial charge in [-0.15, -0.1) is 0 Å². The number of nitrogens with zero attached hydrogens (tertiary/aromatic N) is 2. The maximum Gasteiger partial charge on any atom is 0.428 e. The Kier molecular flexibility index (Phi) is 3.76. The van der Waals surface area contributed by atoms with Gasteiger partial charge in [0.05, 0.1) is 17.9 Å². The highest BCUT2D eigenvalue weighted by Gasteiger charge is 2.14. The predicted octanol–water partition coefficient (Wildman–Crippen LogP) is 1.52. The van der Waals surface area contributed by atoms with Gasteiger partial charge in [-0.25, -0.2) is 23.9 Å². The Morgan fingerprint density at radius 2 is 2.09 bits per heavy atom. The molecule has 0 saturated heterocycles. The molecule has 0 fully saturated rings. The van der Waals surface area contributed by atoms with Crippen molar-refractivity contribution < 1.29 is 13.9 Å². The van der Waals surface area contributed by atoms with Gasteiger partial charge in [-0.1, -0.05) is 6.07 Å². The van der Waals surface area contributed by atoms with Gasteiger partial charge in [0.2, 0.25) is 0 Å². The van der Waals surface area contributed by atoms with Crippen LogP contribution in [-0.2, 0) is 4.74 Å². The molecule has 2 aromatic heterocycles. The lowest BCUT2D eigenvalue weighted by Gasteiger charge is -2.09. The molecule has 0 bridgehead atoms. The van der Waals surface area contributed by atoms with Crippen LogP contribution >= 0.6 is 0 Å². The first-order valence-electron chi connectivity index (χ1n) is 6.90. The highest BCUT2D eigenvalue weighted by molar-refractivity contribution is 5.90. The van der Waals surface area contributed by atoms with E-state index >= 15 is 0 Å². The molecule has 3 rings (SSSR count). The van der Waals surface area contributed by atoms with Crippen LogP contribution in [0.2, 0.25) is 0 Å². The molecule has 0 aliphatic carbocycles. The van der Waals surface area contributed by atoms with Crippen molar-refractivity contribution in [2.75, 3.05) is 6.61 Å². The number of carbonyl (C=O) groups excluding carboxylic acids is 1. The predicted molar refractivity (Wildman–Crippen MR) is 81.8 cm³/mol. The summed E-state index contributed by atoms with van der Waals surface area (Å²) in [6, 6.07) is 9.35. The number of ether oxygens (including phenoxy) is 1. The van der Waals surface area contributed by atoms with E-state index in [0.717, 1.165) is 4.57 Å². The third kappa shape index (κ3) is 2.64. The summed E-state index contributed by atoms with van der Waals surface area (Å²) < 4.78 is 10.8. The van der Waals surface area contributed by atoms with Crippen molar-refractivity contribution in [3.63, 3.8) is 0 Å². The van der Waals surface area contributed by atoms with Crippen molar-refractivity contribution >= 4 is 17.0 Å². The van der Waals surface area contributed by atoms with E-state index < -0.39 is 17.4 Å². The Labute approximate surface area is 129 Å². The number of carbonyl (C=O) groups is 1. The summed E-state index contributed by atoms with van der Waals surface area (Å²) in [7, 11) is 0. The van der Waals surface area contributed by atoms with E-state index in [1.165, 1.54) is 18.3 Å². The summed E-state index contributed by atoms with van der Waals surface area (Å²) in [5, 5.41) is 0.175. The highest BCUT2D eigenvalue weighted by atomic mass is 16.5. The molecule has 0 saturated carbocycles. The smallest absolute Gasteiger partial charge is 0.428 e. The van der Waals surface area contributed by atoms with Gasteiger partial charge in [0, 0.05) is 6.20 Å². The van der Waals surface area contributed by atoms with Crippen LogP contribution in [-0.4, -0.2) is 22.1 Å². The number of hydrogen-bond donors (Lipinski definition) is 0. The number of rotatable bonds is 3. The lowest BCUT2D eigenvalue weighted by molar-refractivity contribution is 0.0526. The molecule has 2 heterocycles. The molecule has 0 aliphatic rings. The number of aromatic nitrogens is 2. The molecule has 0 radical (unpaired) electrons. The molecule has 3 aromatic rings. The summed E-state index contributed by atoms with van der Waals surface area (Å²) in [5.41, 5.74) is 0.0465. The van der Waals surface area contributed by atoms with Crippen molar-refractivity contribution in [2.45, 2.75) is 6.92 Å². The molecule has 0 N–H and O–H groups in total. The minimum atomic E-state index is -0.873. The quantitative estimate of drug-likeness (QED) is 0.681. The summed E-state index contributed by atoms with van der Waals surface area (Å²) in [6.07, 6.45) is 1.47. The summed E-state index contributed by atoms with van der Waals surface area (Å²) in [6.45, 7) is 1.95. The van der Waals surface area contributed by atoms with Crippen LogP contribution in [0.1, 0.15) is 17.3 Å².